The van der Waals surface area contributed by atoms with Crippen molar-refractivity contribution in [2.24, 2.45) is 0 Å². The van der Waals surface area contributed by atoms with E-state index < -0.39 is 48.5 Å². The lowest BCUT2D eigenvalue weighted by Crippen LogP contribution is -2.67. The highest BCUT2D eigenvalue weighted by atomic mass is 16.5. The first-order valence-corrected chi connectivity index (χ1v) is 6.40. The molecule has 1 atom stereocenters. The van der Waals surface area contributed by atoms with Gasteiger partial charge in [0.1, 0.15) is 6.61 Å². The summed E-state index contributed by atoms with van der Waals surface area (Å²) in [6, 6.07) is -0.620. The van der Waals surface area contributed by atoms with Gasteiger partial charge in [0.05, 0.1) is 0 Å². The molecule has 1 rings (SSSR count). The summed E-state index contributed by atoms with van der Waals surface area (Å²) < 4.78 is 4.70. The van der Waals surface area contributed by atoms with E-state index in [1.165, 1.54) is 19.1 Å². The van der Waals surface area contributed by atoms with Crippen molar-refractivity contribution < 1.29 is 39.2 Å². The van der Waals surface area contributed by atoms with Crippen LogP contribution in [0, 0.1) is 0 Å². The van der Waals surface area contributed by atoms with E-state index in [1.807, 2.05) is 0 Å². The molecule has 0 radical (unpaired) electrons. The fourth-order valence-electron chi connectivity index (χ4n) is 2.49. The number of carboxylic acids is 2. The Balaban J connectivity index is 3.06. The monoisotopic (exact) mass is 318 g/mol. The van der Waals surface area contributed by atoms with Crippen LogP contribution in [-0.4, -0.2) is 87.9 Å². The molecule has 124 valence electrons. The summed E-state index contributed by atoms with van der Waals surface area (Å²) in [5.41, 5.74) is -2.53. The van der Waals surface area contributed by atoms with Crippen LogP contribution in [0.2, 0.25) is 0 Å². The van der Waals surface area contributed by atoms with Crippen LogP contribution in [0.3, 0.4) is 0 Å². The van der Waals surface area contributed by atoms with E-state index in [-0.39, 0.29) is 13.0 Å². The van der Waals surface area contributed by atoms with Crippen molar-refractivity contribution in [2.75, 3.05) is 27.3 Å². The highest BCUT2D eigenvalue weighted by Crippen LogP contribution is 2.31. The quantitative estimate of drug-likeness (QED) is 0.555. The maximum absolute atomic E-state index is 11.8. The van der Waals surface area contributed by atoms with Gasteiger partial charge in [-0.3, -0.25) is 9.69 Å². The summed E-state index contributed by atoms with van der Waals surface area (Å²) in [7, 11) is 2.76. The first kappa shape index (κ1) is 17.7. The fraction of sp³-hybridized carbons (Fsp3) is 0.667. The Labute approximate surface area is 125 Å². The van der Waals surface area contributed by atoms with Gasteiger partial charge in [0, 0.05) is 26.7 Å². The van der Waals surface area contributed by atoms with Gasteiger partial charge in [-0.05, 0) is 12.8 Å². The minimum Gasteiger partial charge on any atom is -0.479 e. The predicted octanol–water partition coefficient (Wildman–Crippen LogP) is -0.858. The number of ether oxygens (including phenoxy) is 1. The average molecular weight is 318 g/mol. The highest BCUT2D eigenvalue weighted by Gasteiger charge is 2.57. The molecule has 0 bridgehead atoms. The van der Waals surface area contributed by atoms with Crippen LogP contribution in [0.25, 0.3) is 0 Å². The van der Waals surface area contributed by atoms with Gasteiger partial charge in [-0.1, -0.05) is 0 Å². The van der Waals surface area contributed by atoms with Crippen LogP contribution < -0.4 is 0 Å². The molecule has 10 nitrogen and oxygen atoms in total. The summed E-state index contributed by atoms with van der Waals surface area (Å²) in [4.78, 5) is 47.4. The number of methoxy groups -OCH3 is 1. The maximum Gasteiger partial charge on any atom is 0.408 e. The lowest BCUT2D eigenvalue weighted by molar-refractivity contribution is -0.170. The van der Waals surface area contributed by atoms with Crippen LogP contribution in [0.1, 0.15) is 12.8 Å². The first-order chi connectivity index (χ1) is 10.2. The van der Waals surface area contributed by atoms with E-state index in [9.17, 15) is 34.5 Å². The molecular formula is C12H18N2O8. The number of likely N-dealkylation sites (N-methyl/N-ethyl adjacent to an activating group) is 1. The maximum atomic E-state index is 11.8. The Hall–Kier alpha value is -2.36. The number of rotatable bonds is 5. The second-order valence-electron chi connectivity index (χ2n) is 4.99. The molecule has 0 aromatic rings. The van der Waals surface area contributed by atoms with Gasteiger partial charge in [-0.25, -0.2) is 14.4 Å². The van der Waals surface area contributed by atoms with Crippen molar-refractivity contribution in [3.63, 3.8) is 0 Å². The number of hydrogen-bond donors (Lipinski definition) is 3. The molecule has 3 N–H and O–H groups in total. The van der Waals surface area contributed by atoms with E-state index in [2.05, 4.69) is 0 Å². The summed E-state index contributed by atoms with van der Waals surface area (Å²) in [5.74, 6) is -3.89. The third-order valence-electron chi connectivity index (χ3n) is 3.84. The van der Waals surface area contributed by atoms with E-state index in [4.69, 9.17) is 4.74 Å². The minimum absolute atomic E-state index is 0.0499. The summed E-state index contributed by atoms with van der Waals surface area (Å²) >= 11 is 0. The molecule has 0 aromatic carbocycles. The molecule has 22 heavy (non-hydrogen) atoms. The van der Waals surface area contributed by atoms with Crippen molar-refractivity contribution in [3.05, 3.63) is 0 Å². The zero-order valence-corrected chi connectivity index (χ0v) is 12.2. The van der Waals surface area contributed by atoms with Gasteiger partial charge >= 0.3 is 18.0 Å². The second kappa shape index (κ2) is 6.60. The van der Waals surface area contributed by atoms with E-state index >= 15 is 0 Å². The molecule has 0 unspecified atom stereocenters. The number of carboxylic acid groups (broad SMARTS) is 3. The largest absolute Gasteiger partial charge is 0.479 e. The number of piperidine rings is 1. The molecule has 1 heterocycles. The lowest BCUT2D eigenvalue weighted by Gasteiger charge is -2.44. The standard InChI is InChI=1S/C12H18N2O8/c1-13(8(15)6-22-2)7-3-4-12(9(16)17,10(18)19)14(5-7)11(20)21/h7H,3-6H2,1-2H3,(H,16,17)(H,18,19)(H,20,21)/t7-/m1/s1. The van der Waals surface area contributed by atoms with Crippen LogP contribution in [0.15, 0.2) is 0 Å². The highest BCUT2D eigenvalue weighted by molar-refractivity contribution is 6.05. The lowest BCUT2D eigenvalue weighted by atomic mass is 9.84. The van der Waals surface area contributed by atoms with Crippen molar-refractivity contribution in [3.8, 4) is 0 Å². The Morgan fingerprint density at radius 1 is 1.23 bits per heavy atom. The van der Waals surface area contributed by atoms with Crippen LogP contribution in [0.4, 0.5) is 4.79 Å². The predicted molar refractivity (Wildman–Crippen MR) is 70.4 cm³/mol. The summed E-state index contributed by atoms with van der Waals surface area (Å²) in [5, 5.41) is 27.6. The summed E-state index contributed by atoms with van der Waals surface area (Å²) in [6.45, 7) is -0.608. The zero-order valence-electron chi connectivity index (χ0n) is 12.2. The van der Waals surface area contributed by atoms with Gasteiger partial charge in [0.25, 0.3) is 0 Å². The first-order valence-electron chi connectivity index (χ1n) is 6.40. The van der Waals surface area contributed by atoms with Crippen molar-refractivity contribution in [1.82, 2.24) is 9.80 Å². The molecule has 0 aliphatic carbocycles. The van der Waals surface area contributed by atoms with Crippen LogP contribution >= 0.6 is 0 Å². The molecule has 2 amide bonds. The van der Waals surface area contributed by atoms with Crippen molar-refractivity contribution in [2.45, 2.75) is 24.4 Å². The molecule has 10 heteroatoms. The van der Waals surface area contributed by atoms with E-state index in [0.29, 0.717) is 4.90 Å². The molecule has 1 aliphatic heterocycles. The SMILES string of the molecule is COCC(=O)N(C)[C@@H]1CCC(C(=O)O)(C(=O)O)N(C(=O)O)C1. The zero-order chi connectivity index (χ0) is 17.1. The van der Waals surface area contributed by atoms with Crippen molar-refractivity contribution in [1.29, 1.82) is 0 Å². The van der Waals surface area contributed by atoms with Crippen LogP contribution in [0.5, 0.6) is 0 Å². The molecule has 0 saturated carbocycles. The van der Waals surface area contributed by atoms with Gasteiger partial charge in [0.2, 0.25) is 11.4 Å². The smallest absolute Gasteiger partial charge is 0.408 e. The third-order valence-corrected chi connectivity index (χ3v) is 3.84. The van der Waals surface area contributed by atoms with Gasteiger partial charge < -0.3 is 25.0 Å². The van der Waals surface area contributed by atoms with E-state index in [1.54, 1.807) is 0 Å². The Kier molecular flexibility index (Phi) is 5.31. The Bertz CT molecular complexity index is 478. The third kappa shape index (κ3) is 2.96. The fourth-order valence-corrected chi connectivity index (χ4v) is 2.49. The van der Waals surface area contributed by atoms with Crippen molar-refractivity contribution >= 4 is 23.9 Å². The minimum atomic E-state index is -2.53. The number of carbonyl (C=O) groups is 4. The van der Waals surface area contributed by atoms with Gasteiger partial charge in [0.15, 0.2) is 0 Å². The summed E-state index contributed by atoms with van der Waals surface area (Å²) in [6.07, 6.45) is -2.05. The molecule has 1 aliphatic rings. The van der Waals surface area contributed by atoms with Gasteiger partial charge in [-0.15, -0.1) is 0 Å². The number of likely N-dealkylation sites (tertiary alicyclic amines) is 1. The molecular weight excluding hydrogens is 300 g/mol. The normalized spacial score (nSPS) is 20.3. The molecule has 1 fully saturated rings. The average Bonchev–Trinajstić information content (AvgIpc) is 2.45. The number of nitrogens with zero attached hydrogens (tertiary/aromatic N) is 2. The second-order valence-corrected chi connectivity index (χ2v) is 4.99. The molecule has 0 spiro atoms. The topological polar surface area (TPSA) is 145 Å². The van der Waals surface area contributed by atoms with Gasteiger partial charge in [-0.2, -0.15) is 0 Å². The Morgan fingerprint density at radius 2 is 1.77 bits per heavy atom. The molecule has 0 aromatic heterocycles. The Morgan fingerprint density at radius 3 is 2.18 bits per heavy atom. The number of amides is 2. The van der Waals surface area contributed by atoms with E-state index in [0.717, 1.165) is 0 Å². The molecule has 1 saturated heterocycles. The van der Waals surface area contributed by atoms with Crippen LogP contribution in [-0.2, 0) is 19.1 Å². The number of aliphatic carboxylic acids is 2. The number of hydrogen-bond acceptors (Lipinski definition) is 5. The number of carbonyl (C=O) groups excluding carboxylic acids is 1.